The lowest BCUT2D eigenvalue weighted by molar-refractivity contribution is 0.273. The van der Waals surface area contributed by atoms with Gasteiger partial charge in [0.15, 0.2) is 0 Å². The summed E-state index contributed by atoms with van der Waals surface area (Å²) in [7, 11) is 0. The Labute approximate surface area is 56.5 Å². The van der Waals surface area contributed by atoms with Gasteiger partial charge in [0.25, 0.3) is 0 Å². The van der Waals surface area contributed by atoms with E-state index in [1.807, 2.05) is 6.92 Å². The standard InChI is InChI=1S/C8H15F/c1-4-7(9)8-5(2)6(8)3/h5-8H,4H2,1-3H3. The van der Waals surface area contributed by atoms with Crippen molar-refractivity contribution in [2.45, 2.75) is 33.4 Å². The van der Waals surface area contributed by atoms with Gasteiger partial charge in [-0.05, 0) is 24.2 Å². The Morgan fingerprint density at radius 2 is 1.78 bits per heavy atom. The quantitative estimate of drug-likeness (QED) is 0.539. The minimum Gasteiger partial charge on any atom is -0.247 e. The highest BCUT2D eigenvalue weighted by Gasteiger charge is 2.47. The van der Waals surface area contributed by atoms with Crippen molar-refractivity contribution >= 4 is 0 Å². The molecule has 0 N–H and O–H groups in total. The molecule has 9 heavy (non-hydrogen) atoms. The van der Waals surface area contributed by atoms with Crippen LogP contribution in [0.2, 0.25) is 0 Å². The molecule has 0 nitrogen and oxygen atoms in total. The van der Waals surface area contributed by atoms with Crippen LogP contribution < -0.4 is 0 Å². The molecule has 3 atom stereocenters. The maximum Gasteiger partial charge on any atom is 0.103 e. The molecule has 0 radical (unpaired) electrons. The van der Waals surface area contributed by atoms with Crippen LogP contribution in [0.3, 0.4) is 0 Å². The average Bonchev–Trinajstić information content (AvgIpc) is 2.40. The van der Waals surface area contributed by atoms with Crippen LogP contribution >= 0.6 is 0 Å². The summed E-state index contributed by atoms with van der Waals surface area (Å²) in [5.74, 6) is 1.66. The van der Waals surface area contributed by atoms with E-state index in [2.05, 4.69) is 13.8 Å². The van der Waals surface area contributed by atoms with E-state index in [1.165, 1.54) is 0 Å². The first-order valence-corrected chi connectivity index (χ1v) is 3.82. The van der Waals surface area contributed by atoms with Gasteiger partial charge >= 0.3 is 0 Å². The highest BCUT2D eigenvalue weighted by molar-refractivity contribution is 4.94. The number of hydrogen-bond donors (Lipinski definition) is 0. The Morgan fingerprint density at radius 3 is 1.89 bits per heavy atom. The van der Waals surface area contributed by atoms with E-state index in [0.29, 0.717) is 24.2 Å². The molecule has 1 saturated carbocycles. The maximum atomic E-state index is 12.8. The Balaban J connectivity index is 2.31. The van der Waals surface area contributed by atoms with E-state index in [4.69, 9.17) is 0 Å². The SMILES string of the molecule is CCC(F)C1C(C)C1C. The smallest absolute Gasteiger partial charge is 0.103 e. The first kappa shape index (κ1) is 7.04. The molecule has 0 aliphatic heterocycles. The summed E-state index contributed by atoms with van der Waals surface area (Å²) in [5.41, 5.74) is 0. The lowest BCUT2D eigenvalue weighted by Crippen LogP contribution is -2.02. The summed E-state index contributed by atoms with van der Waals surface area (Å²) in [4.78, 5) is 0. The van der Waals surface area contributed by atoms with E-state index >= 15 is 0 Å². The van der Waals surface area contributed by atoms with Gasteiger partial charge in [-0.2, -0.15) is 0 Å². The summed E-state index contributed by atoms with van der Waals surface area (Å²) in [6.07, 6.45) is 0.161. The van der Waals surface area contributed by atoms with Crippen LogP contribution in [0, 0.1) is 17.8 Å². The minimum absolute atomic E-state index is 0.384. The third-order valence-electron chi connectivity index (χ3n) is 2.71. The van der Waals surface area contributed by atoms with Crippen molar-refractivity contribution in [1.82, 2.24) is 0 Å². The van der Waals surface area contributed by atoms with Crippen molar-refractivity contribution in [2.24, 2.45) is 17.8 Å². The molecule has 0 aromatic carbocycles. The summed E-state index contributed by atoms with van der Waals surface area (Å²) < 4.78 is 12.8. The molecule has 0 aromatic heterocycles. The van der Waals surface area contributed by atoms with Crippen LogP contribution in [0.1, 0.15) is 27.2 Å². The molecule has 0 saturated heterocycles. The number of hydrogen-bond acceptors (Lipinski definition) is 0. The normalized spacial score (nSPS) is 44.7. The van der Waals surface area contributed by atoms with E-state index < -0.39 is 6.17 Å². The molecule has 1 heteroatoms. The van der Waals surface area contributed by atoms with Gasteiger partial charge in [-0.1, -0.05) is 20.8 Å². The summed E-state index contributed by atoms with van der Waals surface area (Å²) >= 11 is 0. The fourth-order valence-electron chi connectivity index (χ4n) is 1.63. The topological polar surface area (TPSA) is 0 Å². The zero-order valence-corrected chi connectivity index (χ0v) is 6.39. The van der Waals surface area contributed by atoms with E-state index in [0.717, 1.165) is 0 Å². The first-order chi connectivity index (χ1) is 4.18. The van der Waals surface area contributed by atoms with Crippen LogP contribution in [0.4, 0.5) is 4.39 Å². The fraction of sp³-hybridized carbons (Fsp3) is 1.00. The molecule has 0 amide bonds. The number of alkyl halides is 1. The van der Waals surface area contributed by atoms with Crippen LogP contribution in [-0.4, -0.2) is 6.17 Å². The van der Waals surface area contributed by atoms with Crippen molar-refractivity contribution in [3.05, 3.63) is 0 Å². The molecule has 0 heterocycles. The lowest BCUT2D eigenvalue weighted by atomic mass is 10.1. The van der Waals surface area contributed by atoms with Crippen molar-refractivity contribution in [1.29, 1.82) is 0 Å². The van der Waals surface area contributed by atoms with E-state index in [9.17, 15) is 4.39 Å². The summed E-state index contributed by atoms with van der Waals surface area (Å²) in [6, 6.07) is 0. The Bertz CT molecular complexity index is 92.7. The second-order valence-corrected chi connectivity index (χ2v) is 3.22. The predicted octanol–water partition coefficient (Wildman–Crippen LogP) is 2.64. The van der Waals surface area contributed by atoms with Crippen LogP contribution in [-0.2, 0) is 0 Å². The molecule has 1 rings (SSSR count). The van der Waals surface area contributed by atoms with Crippen LogP contribution in [0.15, 0.2) is 0 Å². The number of halogens is 1. The van der Waals surface area contributed by atoms with Crippen LogP contribution in [0.25, 0.3) is 0 Å². The largest absolute Gasteiger partial charge is 0.247 e. The molecule has 0 spiro atoms. The highest BCUT2D eigenvalue weighted by Crippen LogP contribution is 2.49. The maximum absolute atomic E-state index is 12.8. The van der Waals surface area contributed by atoms with E-state index in [-0.39, 0.29) is 0 Å². The zero-order chi connectivity index (χ0) is 7.02. The molecular weight excluding hydrogens is 115 g/mol. The van der Waals surface area contributed by atoms with Gasteiger partial charge in [-0.25, -0.2) is 4.39 Å². The molecule has 1 aliphatic rings. The van der Waals surface area contributed by atoms with Gasteiger partial charge in [-0.15, -0.1) is 0 Å². The summed E-state index contributed by atoms with van der Waals surface area (Å²) in [6.45, 7) is 6.19. The van der Waals surface area contributed by atoms with Crippen molar-refractivity contribution in [3.63, 3.8) is 0 Å². The van der Waals surface area contributed by atoms with Gasteiger partial charge in [0.2, 0.25) is 0 Å². The third-order valence-corrected chi connectivity index (χ3v) is 2.71. The van der Waals surface area contributed by atoms with Crippen LogP contribution in [0.5, 0.6) is 0 Å². The van der Waals surface area contributed by atoms with Gasteiger partial charge < -0.3 is 0 Å². The molecular formula is C8H15F. The van der Waals surface area contributed by atoms with Gasteiger partial charge in [-0.3, -0.25) is 0 Å². The highest BCUT2D eigenvalue weighted by atomic mass is 19.1. The Morgan fingerprint density at radius 1 is 1.33 bits per heavy atom. The Hall–Kier alpha value is -0.0700. The zero-order valence-electron chi connectivity index (χ0n) is 6.39. The molecule has 0 aromatic rings. The average molecular weight is 130 g/mol. The lowest BCUT2D eigenvalue weighted by Gasteiger charge is -2.00. The van der Waals surface area contributed by atoms with Gasteiger partial charge in [0.05, 0.1) is 0 Å². The third kappa shape index (κ3) is 1.10. The van der Waals surface area contributed by atoms with Gasteiger partial charge in [0, 0.05) is 0 Å². The Kier molecular flexibility index (Phi) is 1.78. The van der Waals surface area contributed by atoms with E-state index in [1.54, 1.807) is 0 Å². The summed E-state index contributed by atoms with van der Waals surface area (Å²) in [5, 5.41) is 0. The predicted molar refractivity (Wildman–Crippen MR) is 37.0 cm³/mol. The van der Waals surface area contributed by atoms with Crippen molar-refractivity contribution in [2.75, 3.05) is 0 Å². The molecule has 0 bridgehead atoms. The van der Waals surface area contributed by atoms with Crippen molar-refractivity contribution in [3.8, 4) is 0 Å². The monoisotopic (exact) mass is 130 g/mol. The minimum atomic E-state index is -0.532. The number of rotatable bonds is 2. The second kappa shape index (κ2) is 2.28. The molecule has 54 valence electrons. The fourth-order valence-corrected chi connectivity index (χ4v) is 1.63. The second-order valence-electron chi connectivity index (χ2n) is 3.22. The molecule has 3 unspecified atom stereocenters. The molecule has 1 fully saturated rings. The van der Waals surface area contributed by atoms with Gasteiger partial charge in [0.1, 0.15) is 6.17 Å². The molecule has 1 aliphatic carbocycles. The first-order valence-electron chi connectivity index (χ1n) is 3.82. The van der Waals surface area contributed by atoms with Crippen molar-refractivity contribution < 1.29 is 4.39 Å².